The monoisotopic (exact) mass is 332 g/mol. The Morgan fingerprint density at radius 1 is 0.958 bits per heavy atom. The molecule has 2 aromatic heterocycles. The van der Waals surface area contributed by atoms with Crippen molar-refractivity contribution in [2.24, 2.45) is 0 Å². The van der Waals surface area contributed by atoms with E-state index in [-0.39, 0.29) is 0 Å². The number of nitrogens with two attached hydrogens (primary N) is 1. The van der Waals surface area contributed by atoms with Crippen LogP contribution in [-0.4, -0.2) is 9.97 Å². The van der Waals surface area contributed by atoms with Crippen molar-refractivity contribution in [1.29, 1.82) is 0 Å². The minimum absolute atomic E-state index is 0.710. The second-order valence-electron chi connectivity index (χ2n) is 5.54. The molecule has 0 radical (unpaired) electrons. The van der Waals surface area contributed by atoms with Crippen LogP contribution in [0.5, 0.6) is 0 Å². The third kappa shape index (κ3) is 3.07. The molecule has 0 aliphatic carbocycles. The summed E-state index contributed by atoms with van der Waals surface area (Å²) in [6.07, 6.45) is 3.62. The SMILES string of the molecule is Nc1cccc(CNc2nc3ccc(-c4ccncc4)cc3s2)c1. The van der Waals surface area contributed by atoms with E-state index < -0.39 is 0 Å². The number of fused-ring (bicyclic) bond motifs is 1. The molecule has 0 bridgehead atoms. The van der Waals surface area contributed by atoms with E-state index in [1.807, 2.05) is 42.7 Å². The molecule has 4 rings (SSSR count). The fourth-order valence-electron chi connectivity index (χ4n) is 2.60. The molecule has 0 aliphatic heterocycles. The highest BCUT2D eigenvalue weighted by molar-refractivity contribution is 7.22. The first-order chi connectivity index (χ1) is 11.8. The molecular weight excluding hydrogens is 316 g/mol. The number of benzene rings is 2. The zero-order valence-corrected chi connectivity index (χ0v) is 13.8. The van der Waals surface area contributed by atoms with Crippen LogP contribution in [-0.2, 0) is 6.54 Å². The number of pyridine rings is 1. The molecule has 0 fully saturated rings. The van der Waals surface area contributed by atoms with E-state index in [4.69, 9.17) is 5.73 Å². The van der Waals surface area contributed by atoms with Crippen molar-refractivity contribution in [2.45, 2.75) is 6.54 Å². The molecule has 3 N–H and O–H groups in total. The lowest BCUT2D eigenvalue weighted by atomic mass is 10.1. The summed E-state index contributed by atoms with van der Waals surface area (Å²) in [4.78, 5) is 8.72. The lowest BCUT2D eigenvalue weighted by Crippen LogP contribution is -1.99. The minimum atomic E-state index is 0.710. The van der Waals surface area contributed by atoms with E-state index >= 15 is 0 Å². The summed E-state index contributed by atoms with van der Waals surface area (Å²) in [5.41, 5.74) is 11.1. The summed E-state index contributed by atoms with van der Waals surface area (Å²) in [6.45, 7) is 0.710. The molecule has 2 aromatic carbocycles. The van der Waals surface area contributed by atoms with Crippen LogP contribution < -0.4 is 11.1 Å². The van der Waals surface area contributed by atoms with Crippen LogP contribution >= 0.6 is 11.3 Å². The first-order valence-corrected chi connectivity index (χ1v) is 8.49. The Morgan fingerprint density at radius 2 is 1.83 bits per heavy atom. The molecule has 0 saturated heterocycles. The first-order valence-electron chi connectivity index (χ1n) is 7.67. The molecule has 4 aromatic rings. The smallest absolute Gasteiger partial charge is 0.184 e. The molecule has 0 saturated carbocycles. The first kappa shape index (κ1) is 14.7. The maximum absolute atomic E-state index is 5.82. The summed E-state index contributed by atoms with van der Waals surface area (Å²) >= 11 is 1.66. The number of hydrogen-bond donors (Lipinski definition) is 2. The molecule has 0 aliphatic rings. The third-order valence-corrected chi connectivity index (χ3v) is 4.77. The fraction of sp³-hybridized carbons (Fsp3) is 0.0526. The Kier molecular flexibility index (Phi) is 3.84. The van der Waals surface area contributed by atoms with Gasteiger partial charge in [-0.15, -0.1) is 0 Å². The normalized spacial score (nSPS) is 10.8. The van der Waals surface area contributed by atoms with Gasteiger partial charge in [-0.1, -0.05) is 29.5 Å². The number of nitrogens with zero attached hydrogens (tertiary/aromatic N) is 2. The molecule has 0 spiro atoms. The van der Waals surface area contributed by atoms with Gasteiger partial charge in [0.1, 0.15) is 0 Å². The Morgan fingerprint density at radius 3 is 2.67 bits per heavy atom. The van der Waals surface area contributed by atoms with Crippen LogP contribution in [0.1, 0.15) is 5.56 Å². The van der Waals surface area contributed by atoms with Gasteiger partial charge >= 0.3 is 0 Å². The number of aromatic nitrogens is 2. The summed E-state index contributed by atoms with van der Waals surface area (Å²) in [5, 5.41) is 4.29. The van der Waals surface area contributed by atoms with Gasteiger partial charge in [0.15, 0.2) is 5.13 Å². The quantitative estimate of drug-likeness (QED) is 0.538. The van der Waals surface area contributed by atoms with E-state index in [9.17, 15) is 0 Å². The second-order valence-corrected chi connectivity index (χ2v) is 6.57. The number of thiazole rings is 1. The number of rotatable bonds is 4. The maximum Gasteiger partial charge on any atom is 0.184 e. The fourth-order valence-corrected chi connectivity index (χ4v) is 3.51. The highest BCUT2D eigenvalue weighted by Crippen LogP contribution is 2.30. The van der Waals surface area contributed by atoms with E-state index in [1.54, 1.807) is 11.3 Å². The molecule has 0 amide bonds. The van der Waals surface area contributed by atoms with Crippen LogP contribution in [0.25, 0.3) is 21.3 Å². The predicted octanol–water partition coefficient (Wildman–Crippen LogP) is 4.55. The molecule has 24 heavy (non-hydrogen) atoms. The summed E-state index contributed by atoms with van der Waals surface area (Å²) < 4.78 is 1.17. The van der Waals surface area contributed by atoms with Gasteiger partial charge in [-0.2, -0.15) is 0 Å². The van der Waals surface area contributed by atoms with E-state index in [2.05, 4.69) is 39.6 Å². The maximum atomic E-state index is 5.82. The van der Waals surface area contributed by atoms with Crippen LogP contribution in [0.15, 0.2) is 67.0 Å². The van der Waals surface area contributed by atoms with Crippen LogP contribution in [0.2, 0.25) is 0 Å². The Labute approximate surface area is 144 Å². The van der Waals surface area contributed by atoms with Crippen LogP contribution in [0, 0.1) is 0 Å². The predicted molar refractivity (Wildman–Crippen MR) is 101 cm³/mol. The molecular formula is C19H16N4S. The Hall–Kier alpha value is -2.92. The van der Waals surface area contributed by atoms with Gasteiger partial charge in [0, 0.05) is 24.6 Å². The molecule has 5 heteroatoms. The number of nitrogen functional groups attached to an aromatic ring is 1. The Bertz CT molecular complexity index is 979. The average molecular weight is 332 g/mol. The van der Waals surface area contributed by atoms with Crippen molar-refractivity contribution in [3.63, 3.8) is 0 Å². The minimum Gasteiger partial charge on any atom is -0.399 e. The van der Waals surface area contributed by atoms with E-state index in [0.717, 1.165) is 27.5 Å². The van der Waals surface area contributed by atoms with Crippen molar-refractivity contribution in [1.82, 2.24) is 9.97 Å². The average Bonchev–Trinajstić information content (AvgIpc) is 3.03. The lowest BCUT2D eigenvalue weighted by Gasteiger charge is -2.03. The van der Waals surface area contributed by atoms with Crippen molar-refractivity contribution in [2.75, 3.05) is 11.1 Å². The van der Waals surface area contributed by atoms with Gasteiger partial charge in [0.25, 0.3) is 0 Å². The van der Waals surface area contributed by atoms with Crippen molar-refractivity contribution in [3.05, 3.63) is 72.6 Å². The topological polar surface area (TPSA) is 63.8 Å². The zero-order valence-electron chi connectivity index (χ0n) is 12.9. The third-order valence-electron chi connectivity index (χ3n) is 3.80. The summed E-state index contributed by atoms with van der Waals surface area (Å²) in [5.74, 6) is 0. The van der Waals surface area contributed by atoms with Crippen molar-refractivity contribution in [3.8, 4) is 11.1 Å². The zero-order chi connectivity index (χ0) is 16.4. The number of hydrogen-bond acceptors (Lipinski definition) is 5. The molecule has 2 heterocycles. The van der Waals surface area contributed by atoms with Crippen LogP contribution in [0.4, 0.5) is 10.8 Å². The van der Waals surface area contributed by atoms with Crippen LogP contribution in [0.3, 0.4) is 0 Å². The van der Waals surface area contributed by atoms with E-state index in [0.29, 0.717) is 6.54 Å². The molecule has 0 unspecified atom stereocenters. The lowest BCUT2D eigenvalue weighted by molar-refractivity contribution is 1.14. The highest BCUT2D eigenvalue weighted by atomic mass is 32.1. The van der Waals surface area contributed by atoms with Gasteiger partial charge in [0.2, 0.25) is 0 Å². The van der Waals surface area contributed by atoms with Gasteiger partial charge in [-0.3, -0.25) is 4.98 Å². The van der Waals surface area contributed by atoms with Gasteiger partial charge in [-0.05, 0) is 53.1 Å². The van der Waals surface area contributed by atoms with Gasteiger partial charge in [-0.25, -0.2) is 4.98 Å². The van der Waals surface area contributed by atoms with Crippen molar-refractivity contribution < 1.29 is 0 Å². The summed E-state index contributed by atoms with van der Waals surface area (Å²) in [7, 11) is 0. The summed E-state index contributed by atoms with van der Waals surface area (Å²) in [6, 6.07) is 18.2. The molecule has 118 valence electrons. The number of anilines is 2. The standard InChI is InChI=1S/C19H16N4S/c20-16-3-1-2-13(10-16)12-22-19-23-17-5-4-15(11-18(17)24-19)14-6-8-21-9-7-14/h1-11H,12,20H2,(H,22,23). The molecule has 4 nitrogen and oxygen atoms in total. The van der Waals surface area contributed by atoms with Gasteiger partial charge in [0.05, 0.1) is 10.2 Å². The van der Waals surface area contributed by atoms with E-state index in [1.165, 1.54) is 10.3 Å². The van der Waals surface area contributed by atoms with Gasteiger partial charge < -0.3 is 11.1 Å². The Balaban J connectivity index is 1.57. The van der Waals surface area contributed by atoms with Crippen molar-refractivity contribution >= 4 is 32.4 Å². The largest absolute Gasteiger partial charge is 0.399 e. The number of nitrogens with one attached hydrogen (secondary N) is 1. The highest BCUT2D eigenvalue weighted by Gasteiger charge is 2.06. The second kappa shape index (κ2) is 6.29. The molecule has 0 atom stereocenters.